The average Bonchev–Trinajstić information content (AvgIpc) is 2.81. The molecule has 0 aliphatic carbocycles. The molecule has 0 bridgehead atoms. The number of sulfonamides is 1. The maximum atomic E-state index is 13.0. The molecule has 1 saturated heterocycles. The molecule has 1 atom stereocenters. The van der Waals surface area contributed by atoms with Gasteiger partial charge in [-0.15, -0.1) is 12.4 Å². The zero-order valence-corrected chi connectivity index (χ0v) is 15.2. The van der Waals surface area contributed by atoms with Crippen LogP contribution in [0.15, 0.2) is 17.0 Å². The summed E-state index contributed by atoms with van der Waals surface area (Å²) in [4.78, 5) is 0.275. The molecule has 2 rings (SSSR count). The van der Waals surface area contributed by atoms with Crippen LogP contribution in [0.1, 0.15) is 24.5 Å². The van der Waals surface area contributed by atoms with Crippen molar-refractivity contribution >= 4 is 22.4 Å². The highest BCUT2D eigenvalue weighted by Crippen LogP contribution is 2.37. The van der Waals surface area contributed by atoms with Gasteiger partial charge in [0.25, 0.3) is 0 Å². The van der Waals surface area contributed by atoms with Crippen LogP contribution in [0.5, 0.6) is 5.75 Å². The van der Waals surface area contributed by atoms with Crippen molar-refractivity contribution < 1.29 is 13.2 Å². The Balaban J connectivity index is 0.00000242. The smallest absolute Gasteiger partial charge is 0.247 e. The van der Waals surface area contributed by atoms with Gasteiger partial charge in [-0.05, 0) is 49.4 Å². The number of nitrogens with two attached hydrogens (primary N) is 1. The van der Waals surface area contributed by atoms with Crippen molar-refractivity contribution in [2.45, 2.75) is 32.1 Å². The van der Waals surface area contributed by atoms with Crippen molar-refractivity contribution in [2.75, 3.05) is 26.7 Å². The Morgan fingerprint density at radius 3 is 2.50 bits per heavy atom. The molecule has 5 nitrogen and oxygen atoms in total. The lowest BCUT2D eigenvalue weighted by molar-refractivity contribution is 0.348. The molecule has 1 aliphatic heterocycles. The zero-order valence-electron chi connectivity index (χ0n) is 13.5. The summed E-state index contributed by atoms with van der Waals surface area (Å²) < 4.78 is 32.7. The predicted octanol–water partition coefficient (Wildman–Crippen LogP) is 2.09. The minimum absolute atomic E-state index is 0. The summed E-state index contributed by atoms with van der Waals surface area (Å²) in [5.74, 6) is 0.411. The summed E-state index contributed by atoms with van der Waals surface area (Å²) in [6.07, 6.45) is 0.788. The third-order valence-electron chi connectivity index (χ3n) is 4.22. The minimum Gasteiger partial charge on any atom is -0.495 e. The van der Waals surface area contributed by atoms with E-state index in [1.165, 1.54) is 11.4 Å². The number of nitrogens with zero attached hydrogens (tertiary/aromatic N) is 1. The molecule has 0 amide bonds. The van der Waals surface area contributed by atoms with E-state index in [0.29, 0.717) is 30.9 Å². The van der Waals surface area contributed by atoms with Crippen molar-refractivity contribution in [3.63, 3.8) is 0 Å². The lowest BCUT2D eigenvalue weighted by Crippen LogP contribution is -2.35. The first kappa shape index (κ1) is 19.2. The van der Waals surface area contributed by atoms with Gasteiger partial charge in [0.05, 0.1) is 7.11 Å². The molecule has 126 valence electrons. The summed E-state index contributed by atoms with van der Waals surface area (Å²) in [5.41, 5.74) is 7.33. The van der Waals surface area contributed by atoms with Crippen LogP contribution < -0.4 is 10.5 Å². The normalized spacial score (nSPS) is 22.4. The van der Waals surface area contributed by atoms with Gasteiger partial charge in [0, 0.05) is 13.1 Å². The Morgan fingerprint density at radius 1 is 1.36 bits per heavy atom. The van der Waals surface area contributed by atoms with E-state index < -0.39 is 10.0 Å². The van der Waals surface area contributed by atoms with Gasteiger partial charge in [0.2, 0.25) is 10.0 Å². The summed E-state index contributed by atoms with van der Waals surface area (Å²) in [7, 11) is -2.06. The number of benzene rings is 1. The fourth-order valence-corrected chi connectivity index (χ4v) is 4.81. The largest absolute Gasteiger partial charge is 0.495 e. The van der Waals surface area contributed by atoms with E-state index in [4.69, 9.17) is 10.5 Å². The van der Waals surface area contributed by atoms with Crippen LogP contribution in [-0.4, -0.2) is 39.5 Å². The molecule has 1 aromatic carbocycles. The van der Waals surface area contributed by atoms with Crippen molar-refractivity contribution in [1.82, 2.24) is 4.31 Å². The molecule has 1 aromatic rings. The molecule has 0 radical (unpaired) electrons. The zero-order chi connectivity index (χ0) is 15.8. The van der Waals surface area contributed by atoms with Gasteiger partial charge in [0.1, 0.15) is 10.6 Å². The second-order valence-corrected chi connectivity index (χ2v) is 8.09. The Morgan fingerprint density at radius 2 is 2.00 bits per heavy atom. The molecule has 0 spiro atoms. The van der Waals surface area contributed by atoms with Crippen molar-refractivity contribution in [1.29, 1.82) is 0 Å². The van der Waals surface area contributed by atoms with Crippen molar-refractivity contribution in [3.8, 4) is 5.75 Å². The molecule has 7 heteroatoms. The SMILES string of the molecule is COc1cc(C)cc(C)c1S(=O)(=O)N1CCC(C)(CN)C1.Cl. The van der Waals surface area contributed by atoms with Gasteiger partial charge in [-0.3, -0.25) is 0 Å². The molecule has 0 aromatic heterocycles. The van der Waals surface area contributed by atoms with Crippen LogP contribution in [0.3, 0.4) is 0 Å². The summed E-state index contributed by atoms with van der Waals surface area (Å²) in [6.45, 7) is 7.22. The van der Waals surface area contributed by atoms with E-state index in [1.807, 2.05) is 19.9 Å². The van der Waals surface area contributed by atoms with Crippen LogP contribution in [0.4, 0.5) is 0 Å². The van der Waals surface area contributed by atoms with E-state index in [1.54, 1.807) is 13.0 Å². The maximum Gasteiger partial charge on any atom is 0.247 e. The Kier molecular flexibility index (Phi) is 5.89. The number of methoxy groups -OCH3 is 1. The van der Waals surface area contributed by atoms with Crippen molar-refractivity contribution in [2.24, 2.45) is 11.1 Å². The Hall–Kier alpha value is -0.820. The van der Waals surface area contributed by atoms with E-state index in [2.05, 4.69) is 0 Å². The second kappa shape index (κ2) is 6.74. The van der Waals surface area contributed by atoms with Crippen LogP contribution in [0.25, 0.3) is 0 Å². The highest BCUT2D eigenvalue weighted by molar-refractivity contribution is 7.89. The predicted molar refractivity (Wildman–Crippen MR) is 90.3 cm³/mol. The number of ether oxygens (including phenoxy) is 1. The van der Waals surface area contributed by atoms with Crippen molar-refractivity contribution in [3.05, 3.63) is 23.3 Å². The molecule has 22 heavy (non-hydrogen) atoms. The molecule has 0 saturated carbocycles. The lowest BCUT2D eigenvalue weighted by Gasteiger charge is -2.23. The first-order chi connectivity index (χ1) is 9.73. The van der Waals surface area contributed by atoms with Crippen LogP contribution >= 0.6 is 12.4 Å². The second-order valence-electron chi connectivity index (χ2n) is 6.22. The molecule has 2 N–H and O–H groups in total. The Bertz CT molecular complexity index is 648. The summed E-state index contributed by atoms with van der Waals surface area (Å²) in [5, 5.41) is 0. The quantitative estimate of drug-likeness (QED) is 0.904. The first-order valence-corrected chi connectivity index (χ1v) is 8.53. The fraction of sp³-hybridized carbons (Fsp3) is 0.600. The number of halogens is 1. The lowest BCUT2D eigenvalue weighted by atomic mass is 9.90. The fourth-order valence-electron chi connectivity index (χ4n) is 2.88. The summed E-state index contributed by atoms with van der Waals surface area (Å²) in [6, 6.07) is 3.63. The van der Waals surface area contributed by atoms with Gasteiger partial charge in [-0.1, -0.05) is 13.0 Å². The van der Waals surface area contributed by atoms with Gasteiger partial charge in [-0.25, -0.2) is 8.42 Å². The number of rotatable bonds is 4. The Labute approximate surface area is 139 Å². The molecule has 1 aliphatic rings. The standard InChI is InChI=1S/C15H24N2O3S.ClH/c1-11-7-12(2)14(13(8-11)20-4)21(18,19)17-6-5-15(3,9-16)10-17;/h7-8H,5-6,9-10,16H2,1-4H3;1H. The van der Waals surface area contributed by atoms with Crippen LogP contribution in [0.2, 0.25) is 0 Å². The number of hydrogen-bond acceptors (Lipinski definition) is 4. The molecule has 1 fully saturated rings. The van der Waals surface area contributed by atoms with E-state index in [-0.39, 0.29) is 22.7 Å². The third-order valence-corrected chi connectivity index (χ3v) is 6.25. The first-order valence-electron chi connectivity index (χ1n) is 7.09. The number of aryl methyl sites for hydroxylation is 2. The molecule has 1 unspecified atom stereocenters. The highest BCUT2D eigenvalue weighted by Gasteiger charge is 2.40. The van der Waals surface area contributed by atoms with Gasteiger partial charge in [0.15, 0.2) is 0 Å². The number of hydrogen-bond donors (Lipinski definition) is 1. The van der Waals surface area contributed by atoms with Crippen LogP contribution in [0, 0.1) is 19.3 Å². The van der Waals surface area contributed by atoms with Gasteiger partial charge in [-0.2, -0.15) is 4.31 Å². The van der Waals surface area contributed by atoms with E-state index >= 15 is 0 Å². The topological polar surface area (TPSA) is 72.6 Å². The summed E-state index contributed by atoms with van der Waals surface area (Å²) >= 11 is 0. The monoisotopic (exact) mass is 348 g/mol. The molecule has 1 heterocycles. The minimum atomic E-state index is -3.56. The highest BCUT2D eigenvalue weighted by atomic mass is 35.5. The maximum absolute atomic E-state index is 13.0. The van der Waals surface area contributed by atoms with Gasteiger partial charge < -0.3 is 10.5 Å². The van der Waals surface area contributed by atoms with Crippen LogP contribution in [-0.2, 0) is 10.0 Å². The molecular formula is C15H25ClN2O3S. The van der Waals surface area contributed by atoms with Gasteiger partial charge >= 0.3 is 0 Å². The third kappa shape index (κ3) is 3.40. The average molecular weight is 349 g/mol. The van der Waals surface area contributed by atoms with E-state index in [0.717, 1.165) is 12.0 Å². The van der Waals surface area contributed by atoms with E-state index in [9.17, 15) is 8.42 Å². The molecular weight excluding hydrogens is 324 g/mol.